The number of aryl methyl sites for hydroxylation is 1. The number of nitrogens with zero attached hydrogens (tertiary/aromatic N) is 5. The van der Waals surface area contributed by atoms with Gasteiger partial charge in [-0.3, -0.25) is 4.79 Å². The van der Waals surface area contributed by atoms with Crippen LogP contribution in [-0.4, -0.2) is 51.9 Å². The number of amides is 1. The second kappa shape index (κ2) is 7.89. The quantitative estimate of drug-likeness (QED) is 0.821. The third kappa shape index (κ3) is 4.53. The van der Waals surface area contributed by atoms with E-state index in [4.69, 9.17) is 0 Å². The van der Waals surface area contributed by atoms with Crippen molar-refractivity contribution in [3.05, 3.63) is 47.7 Å². The highest BCUT2D eigenvalue weighted by atomic mass is 19.4. The van der Waals surface area contributed by atoms with E-state index in [9.17, 15) is 18.0 Å². The zero-order valence-electron chi connectivity index (χ0n) is 14.9. The van der Waals surface area contributed by atoms with Gasteiger partial charge < -0.3 is 9.80 Å². The Morgan fingerprint density at radius 3 is 2.37 bits per heavy atom. The highest BCUT2D eigenvalue weighted by Crippen LogP contribution is 2.29. The molecule has 144 valence electrons. The molecule has 1 fully saturated rings. The summed E-state index contributed by atoms with van der Waals surface area (Å²) >= 11 is 0. The number of halogens is 3. The van der Waals surface area contributed by atoms with Crippen molar-refractivity contribution in [1.82, 2.24) is 19.9 Å². The number of carbonyl (C=O) groups excluding carboxylic acids is 1. The van der Waals surface area contributed by atoms with E-state index in [0.717, 1.165) is 12.3 Å². The van der Waals surface area contributed by atoms with Crippen molar-refractivity contribution in [2.45, 2.75) is 25.9 Å². The molecule has 0 spiro atoms. The fraction of sp³-hybridized carbons (Fsp3) is 0.444. The van der Waals surface area contributed by atoms with Crippen molar-refractivity contribution in [3.63, 3.8) is 0 Å². The van der Waals surface area contributed by atoms with Crippen molar-refractivity contribution in [2.75, 3.05) is 31.1 Å². The molecule has 0 bridgehead atoms. The lowest BCUT2D eigenvalue weighted by molar-refractivity contribution is -0.137. The van der Waals surface area contributed by atoms with Gasteiger partial charge in [0.05, 0.1) is 11.1 Å². The van der Waals surface area contributed by atoms with Crippen LogP contribution in [0, 0.1) is 0 Å². The molecule has 0 unspecified atom stereocenters. The molecular weight excluding hydrogens is 359 g/mol. The number of anilines is 1. The maximum absolute atomic E-state index is 12.7. The Morgan fingerprint density at radius 2 is 1.78 bits per heavy atom. The van der Waals surface area contributed by atoms with Crippen LogP contribution in [0.25, 0.3) is 0 Å². The Morgan fingerprint density at radius 1 is 1.04 bits per heavy atom. The maximum atomic E-state index is 12.7. The lowest BCUT2D eigenvalue weighted by Crippen LogP contribution is -2.35. The predicted octanol–water partition coefficient (Wildman–Crippen LogP) is 2.81. The van der Waals surface area contributed by atoms with E-state index < -0.39 is 11.7 Å². The Kier molecular flexibility index (Phi) is 5.57. The van der Waals surface area contributed by atoms with Gasteiger partial charge in [-0.25, -0.2) is 15.0 Å². The number of rotatable bonds is 3. The summed E-state index contributed by atoms with van der Waals surface area (Å²) in [5, 5.41) is 0. The summed E-state index contributed by atoms with van der Waals surface area (Å²) in [6.07, 6.45) is 0.913. The summed E-state index contributed by atoms with van der Waals surface area (Å²) < 4.78 is 38.0. The van der Waals surface area contributed by atoms with Gasteiger partial charge in [-0.05, 0) is 18.6 Å². The Labute approximate surface area is 155 Å². The average Bonchev–Trinajstić information content (AvgIpc) is 2.93. The summed E-state index contributed by atoms with van der Waals surface area (Å²) in [6.45, 7) is 4.07. The molecule has 0 atom stereocenters. The van der Waals surface area contributed by atoms with E-state index in [1.54, 1.807) is 4.90 Å². The standard InChI is InChI=1S/C18H20F3N5O/c1-2-15-22-10-13(11-23-15)17(27)26-7-3-6-25(8-9-26)16-5-4-14(12-24-16)18(19,20)21/h4-5,10-12H,2-3,6-9H2,1H3. The number of hydrogen-bond acceptors (Lipinski definition) is 5. The number of hydrogen-bond donors (Lipinski definition) is 0. The maximum Gasteiger partial charge on any atom is 0.417 e. The van der Waals surface area contributed by atoms with E-state index >= 15 is 0 Å². The minimum atomic E-state index is -4.40. The monoisotopic (exact) mass is 379 g/mol. The summed E-state index contributed by atoms with van der Waals surface area (Å²) in [5.74, 6) is 1.02. The molecule has 1 amide bonds. The van der Waals surface area contributed by atoms with Gasteiger partial charge in [-0.1, -0.05) is 6.92 Å². The molecule has 2 aromatic heterocycles. The lowest BCUT2D eigenvalue weighted by Gasteiger charge is -2.23. The molecule has 0 saturated carbocycles. The highest BCUT2D eigenvalue weighted by Gasteiger charge is 2.31. The molecule has 2 aromatic rings. The first-order chi connectivity index (χ1) is 12.9. The first-order valence-electron chi connectivity index (χ1n) is 8.77. The molecule has 1 aliphatic rings. The van der Waals surface area contributed by atoms with Crippen LogP contribution in [0.15, 0.2) is 30.7 Å². The minimum absolute atomic E-state index is 0.139. The largest absolute Gasteiger partial charge is 0.417 e. The molecule has 3 rings (SSSR count). The van der Waals surface area contributed by atoms with Gasteiger partial charge >= 0.3 is 6.18 Å². The smallest absolute Gasteiger partial charge is 0.355 e. The normalized spacial score (nSPS) is 15.6. The minimum Gasteiger partial charge on any atom is -0.355 e. The average molecular weight is 379 g/mol. The molecule has 0 aromatic carbocycles. The fourth-order valence-electron chi connectivity index (χ4n) is 2.92. The van der Waals surface area contributed by atoms with Crippen LogP contribution in [0.4, 0.5) is 19.0 Å². The molecule has 3 heterocycles. The van der Waals surface area contributed by atoms with Gasteiger partial charge in [0.1, 0.15) is 11.6 Å². The fourth-order valence-corrected chi connectivity index (χ4v) is 2.92. The van der Waals surface area contributed by atoms with E-state index in [-0.39, 0.29) is 5.91 Å². The molecule has 0 aliphatic carbocycles. The second-order valence-electron chi connectivity index (χ2n) is 6.28. The summed E-state index contributed by atoms with van der Waals surface area (Å²) in [7, 11) is 0. The van der Waals surface area contributed by atoms with Gasteiger partial charge in [0.2, 0.25) is 0 Å². The molecular formula is C18H20F3N5O. The van der Waals surface area contributed by atoms with E-state index in [0.29, 0.717) is 56.2 Å². The Hall–Kier alpha value is -2.71. The van der Waals surface area contributed by atoms with Gasteiger partial charge in [0.15, 0.2) is 0 Å². The molecule has 1 aliphatic heterocycles. The summed E-state index contributed by atoms with van der Waals surface area (Å²) in [6, 6.07) is 2.40. The molecule has 0 N–H and O–H groups in total. The Balaban J connectivity index is 1.65. The van der Waals surface area contributed by atoms with E-state index in [1.165, 1.54) is 18.5 Å². The van der Waals surface area contributed by atoms with Gasteiger partial charge in [-0.15, -0.1) is 0 Å². The van der Waals surface area contributed by atoms with Crippen molar-refractivity contribution in [2.24, 2.45) is 0 Å². The summed E-state index contributed by atoms with van der Waals surface area (Å²) in [4.78, 5) is 28.5. The van der Waals surface area contributed by atoms with Gasteiger partial charge in [0.25, 0.3) is 5.91 Å². The van der Waals surface area contributed by atoms with Crippen LogP contribution in [0.3, 0.4) is 0 Å². The van der Waals surface area contributed by atoms with Crippen molar-refractivity contribution < 1.29 is 18.0 Å². The van der Waals surface area contributed by atoms with Crippen LogP contribution in [0.5, 0.6) is 0 Å². The topological polar surface area (TPSA) is 62.2 Å². The van der Waals surface area contributed by atoms with Crippen LogP contribution in [-0.2, 0) is 12.6 Å². The van der Waals surface area contributed by atoms with Crippen LogP contribution in [0.2, 0.25) is 0 Å². The number of aromatic nitrogens is 3. The van der Waals surface area contributed by atoms with Crippen LogP contribution >= 0.6 is 0 Å². The van der Waals surface area contributed by atoms with E-state index in [2.05, 4.69) is 15.0 Å². The number of carbonyl (C=O) groups is 1. The third-order valence-corrected chi connectivity index (χ3v) is 4.45. The van der Waals surface area contributed by atoms with Crippen molar-refractivity contribution >= 4 is 11.7 Å². The Bertz CT molecular complexity index is 777. The zero-order chi connectivity index (χ0) is 19.4. The molecule has 6 nitrogen and oxygen atoms in total. The lowest BCUT2D eigenvalue weighted by atomic mass is 10.2. The van der Waals surface area contributed by atoms with Gasteiger partial charge in [-0.2, -0.15) is 13.2 Å². The van der Waals surface area contributed by atoms with E-state index in [1.807, 2.05) is 11.8 Å². The zero-order valence-corrected chi connectivity index (χ0v) is 14.9. The third-order valence-electron chi connectivity index (χ3n) is 4.45. The molecule has 27 heavy (non-hydrogen) atoms. The molecule has 9 heteroatoms. The second-order valence-corrected chi connectivity index (χ2v) is 6.28. The van der Waals surface area contributed by atoms with Crippen LogP contribution < -0.4 is 4.90 Å². The van der Waals surface area contributed by atoms with Crippen LogP contribution in [0.1, 0.15) is 35.1 Å². The summed E-state index contributed by atoms with van der Waals surface area (Å²) in [5.41, 5.74) is -0.332. The number of pyridine rings is 1. The highest BCUT2D eigenvalue weighted by molar-refractivity contribution is 5.93. The van der Waals surface area contributed by atoms with Crippen molar-refractivity contribution in [1.29, 1.82) is 0 Å². The predicted molar refractivity (Wildman–Crippen MR) is 93.4 cm³/mol. The van der Waals surface area contributed by atoms with Gasteiger partial charge in [0, 0.05) is 51.2 Å². The molecule has 1 saturated heterocycles. The first-order valence-corrected chi connectivity index (χ1v) is 8.77. The molecule has 0 radical (unpaired) electrons. The SMILES string of the molecule is CCc1ncc(C(=O)N2CCCN(c3ccc(C(F)(F)F)cn3)CC2)cn1. The number of alkyl halides is 3. The van der Waals surface area contributed by atoms with Crippen molar-refractivity contribution in [3.8, 4) is 0 Å². The first kappa shape index (κ1) is 19.1.